The van der Waals surface area contributed by atoms with Crippen molar-refractivity contribution in [2.75, 3.05) is 19.7 Å². The minimum absolute atomic E-state index is 0.0127. The lowest BCUT2D eigenvalue weighted by atomic mass is 10.00. The molecular weight excluding hydrogens is 491 g/mol. The number of likely N-dealkylation sites (tertiary alicyclic amines) is 1. The van der Waals surface area contributed by atoms with Crippen molar-refractivity contribution in [3.63, 3.8) is 0 Å². The van der Waals surface area contributed by atoms with Gasteiger partial charge in [0, 0.05) is 38.0 Å². The summed E-state index contributed by atoms with van der Waals surface area (Å²) in [5.74, 6) is -0.504. The van der Waals surface area contributed by atoms with Crippen molar-refractivity contribution >= 4 is 17.7 Å². The Kier molecular flexibility index (Phi) is 7.89. The van der Waals surface area contributed by atoms with Gasteiger partial charge in [0.25, 0.3) is 11.8 Å². The van der Waals surface area contributed by atoms with E-state index >= 15 is 0 Å². The lowest BCUT2D eigenvalue weighted by Gasteiger charge is -2.39. The van der Waals surface area contributed by atoms with E-state index < -0.39 is 43.0 Å². The standard InChI is InChI=1S/C26H28F3N3O5/c1-16-2-5-18-12-22(16)36-15-23(33)30-13-17-3-6-19(7-4-17)37-21-9-11-32(14-20(21)31-25(18)35)24(34)8-10-26(27,28)29/h2-7,12,20-21H,8-11,13-15H2,1H3,(H,30,33)(H,31,35)/t20-,21-/m0/s1. The number of carbonyl (C=O) groups is 3. The predicted octanol–water partition coefficient (Wildman–Crippen LogP) is 3.12. The van der Waals surface area contributed by atoms with Crippen LogP contribution in [0.4, 0.5) is 13.2 Å². The number of amides is 3. The van der Waals surface area contributed by atoms with Gasteiger partial charge in [-0.05, 0) is 42.3 Å². The van der Waals surface area contributed by atoms with Crippen LogP contribution in [-0.2, 0) is 16.1 Å². The number of benzene rings is 2. The molecule has 11 heteroatoms. The molecule has 0 aliphatic carbocycles. The van der Waals surface area contributed by atoms with E-state index in [9.17, 15) is 27.6 Å². The molecule has 0 spiro atoms. The molecule has 2 aromatic carbocycles. The van der Waals surface area contributed by atoms with E-state index in [0.717, 1.165) is 11.1 Å². The molecule has 2 atom stereocenters. The molecule has 8 nitrogen and oxygen atoms in total. The van der Waals surface area contributed by atoms with Crippen LogP contribution >= 0.6 is 0 Å². The van der Waals surface area contributed by atoms with Crippen LogP contribution in [0.25, 0.3) is 0 Å². The smallest absolute Gasteiger partial charge is 0.389 e. The Morgan fingerprint density at radius 3 is 2.62 bits per heavy atom. The van der Waals surface area contributed by atoms with Gasteiger partial charge in [-0.1, -0.05) is 18.2 Å². The second-order valence-electron chi connectivity index (χ2n) is 9.17. The molecule has 3 amide bonds. The highest BCUT2D eigenvalue weighted by Crippen LogP contribution is 2.25. The Morgan fingerprint density at radius 1 is 1.14 bits per heavy atom. The topological polar surface area (TPSA) is 97.0 Å². The number of fused-ring (bicyclic) bond motifs is 7. The zero-order valence-corrected chi connectivity index (χ0v) is 20.3. The summed E-state index contributed by atoms with van der Waals surface area (Å²) in [5.41, 5.74) is 1.85. The zero-order chi connectivity index (χ0) is 26.6. The van der Waals surface area contributed by atoms with Crippen LogP contribution in [0.3, 0.4) is 0 Å². The number of nitrogens with zero attached hydrogens (tertiary/aromatic N) is 1. The van der Waals surface area contributed by atoms with E-state index in [-0.39, 0.29) is 31.2 Å². The molecule has 5 rings (SSSR count). The highest BCUT2D eigenvalue weighted by molar-refractivity contribution is 5.95. The molecule has 0 saturated carbocycles. The van der Waals surface area contributed by atoms with Crippen molar-refractivity contribution < 1.29 is 37.0 Å². The Morgan fingerprint density at radius 2 is 1.89 bits per heavy atom. The number of aryl methyl sites for hydroxylation is 1. The van der Waals surface area contributed by atoms with E-state index in [4.69, 9.17) is 9.47 Å². The first-order valence-electron chi connectivity index (χ1n) is 12.0. The lowest BCUT2D eigenvalue weighted by molar-refractivity contribution is -0.150. The fraction of sp³-hybridized carbons (Fsp3) is 0.423. The lowest BCUT2D eigenvalue weighted by Crippen LogP contribution is -2.58. The van der Waals surface area contributed by atoms with Crippen molar-refractivity contribution in [1.29, 1.82) is 0 Å². The molecule has 1 fully saturated rings. The number of nitrogens with one attached hydrogen (secondary N) is 2. The molecule has 0 radical (unpaired) electrons. The second kappa shape index (κ2) is 11.1. The summed E-state index contributed by atoms with van der Waals surface area (Å²) in [5, 5.41) is 5.66. The van der Waals surface area contributed by atoms with Crippen molar-refractivity contribution in [2.45, 2.75) is 51.1 Å². The van der Waals surface area contributed by atoms with Crippen LogP contribution in [0, 0.1) is 6.92 Å². The third-order valence-electron chi connectivity index (χ3n) is 6.35. The third-order valence-corrected chi connectivity index (χ3v) is 6.35. The number of hydrogen-bond acceptors (Lipinski definition) is 5. The number of piperidine rings is 1. The third kappa shape index (κ3) is 7.14. The van der Waals surface area contributed by atoms with Gasteiger partial charge in [-0.3, -0.25) is 14.4 Å². The molecular formula is C26H28F3N3O5. The number of ether oxygens (including phenoxy) is 2. The molecule has 0 aromatic heterocycles. The van der Waals surface area contributed by atoms with Crippen LogP contribution in [-0.4, -0.2) is 60.6 Å². The monoisotopic (exact) mass is 519 g/mol. The van der Waals surface area contributed by atoms with Gasteiger partial charge in [-0.25, -0.2) is 0 Å². The molecule has 1 saturated heterocycles. The summed E-state index contributed by atoms with van der Waals surface area (Å²) < 4.78 is 49.7. The second-order valence-corrected chi connectivity index (χ2v) is 9.17. The fourth-order valence-electron chi connectivity index (χ4n) is 4.25. The number of halogens is 3. The molecule has 2 aromatic rings. The molecule has 2 N–H and O–H groups in total. The Balaban J connectivity index is 1.58. The first-order chi connectivity index (χ1) is 17.6. The van der Waals surface area contributed by atoms with Crippen LogP contribution in [0.1, 0.15) is 40.7 Å². The van der Waals surface area contributed by atoms with Crippen LogP contribution in [0.2, 0.25) is 0 Å². The Hall–Kier alpha value is -3.76. The maximum atomic E-state index is 13.2. The van der Waals surface area contributed by atoms with E-state index in [2.05, 4.69) is 10.6 Å². The number of alkyl halides is 3. The highest BCUT2D eigenvalue weighted by Gasteiger charge is 2.36. The fourth-order valence-corrected chi connectivity index (χ4v) is 4.25. The maximum Gasteiger partial charge on any atom is 0.389 e. The Labute approximate surface area is 212 Å². The van der Waals surface area contributed by atoms with E-state index in [0.29, 0.717) is 24.5 Å². The zero-order valence-electron chi connectivity index (χ0n) is 20.3. The summed E-state index contributed by atoms with van der Waals surface area (Å²) in [6.45, 7) is 2.07. The van der Waals surface area contributed by atoms with Crippen LogP contribution < -0.4 is 20.1 Å². The quantitative estimate of drug-likeness (QED) is 0.636. The molecule has 3 aliphatic heterocycles. The normalized spacial score (nSPS) is 20.6. The van der Waals surface area contributed by atoms with Crippen molar-refractivity contribution in [3.05, 3.63) is 59.2 Å². The summed E-state index contributed by atoms with van der Waals surface area (Å²) >= 11 is 0. The molecule has 3 heterocycles. The number of carbonyl (C=O) groups excluding carboxylic acids is 3. The van der Waals surface area contributed by atoms with Crippen LogP contribution in [0.5, 0.6) is 11.5 Å². The molecule has 0 unspecified atom stereocenters. The van der Waals surface area contributed by atoms with Crippen LogP contribution in [0.15, 0.2) is 42.5 Å². The molecule has 3 aliphatic rings. The van der Waals surface area contributed by atoms with Crippen molar-refractivity contribution in [1.82, 2.24) is 15.5 Å². The summed E-state index contributed by atoms with van der Waals surface area (Å²) in [7, 11) is 0. The minimum Gasteiger partial charge on any atom is -0.488 e. The van der Waals surface area contributed by atoms with E-state index in [1.165, 1.54) is 11.0 Å². The average Bonchev–Trinajstić information content (AvgIpc) is 2.86. The largest absolute Gasteiger partial charge is 0.488 e. The van der Waals surface area contributed by atoms with Gasteiger partial charge in [0.05, 0.1) is 12.5 Å². The van der Waals surface area contributed by atoms with Gasteiger partial charge in [-0.15, -0.1) is 0 Å². The molecule has 198 valence electrons. The minimum atomic E-state index is -4.43. The van der Waals surface area contributed by atoms with Gasteiger partial charge in [0.15, 0.2) is 6.61 Å². The highest BCUT2D eigenvalue weighted by atomic mass is 19.4. The summed E-state index contributed by atoms with van der Waals surface area (Å²) in [6, 6.07) is 11.2. The van der Waals surface area contributed by atoms with Crippen molar-refractivity contribution in [3.8, 4) is 11.5 Å². The predicted molar refractivity (Wildman–Crippen MR) is 127 cm³/mol. The average molecular weight is 520 g/mol. The summed E-state index contributed by atoms with van der Waals surface area (Å²) in [4.78, 5) is 39.2. The molecule has 4 bridgehead atoms. The SMILES string of the molecule is Cc1ccc2cc1OCC(=O)NCc1ccc(cc1)O[C@H]1CCN(C(=O)CCC(F)(F)F)C[C@@H]1NC2=O. The van der Waals surface area contributed by atoms with E-state index in [1.807, 2.05) is 0 Å². The number of hydrogen-bond donors (Lipinski definition) is 2. The van der Waals surface area contributed by atoms with Gasteiger partial charge in [0.1, 0.15) is 17.6 Å². The Bertz CT molecular complexity index is 1150. The number of rotatable bonds is 2. The molecule has 37 heavy (non-hydrogen) atoms. The van der Waals surface area contributed by atoms with E-state index in [1.54, 1.807) is 43.3 Å². The van der Waals surface area contributed by atoms with Gasteiger partial charge < -0.3 is 25.0 Å². The first kappa shape index (κ1) is 26.3. The first-order valence-corrected chi connectivity index (χ1v) is 12.0. The van der Waals surface area contributed by atoms with Gasteiger partial charge >= 0.3 is 6.18 Å². The van der Waals surface area contributed by atoms with Crippen molar-refractivity contribution in [2.24, 2.45) is 0 Å². The summed E-state index contributed by atoms with van der Waals surface area (Å²) in [6.07, 6.45) is -6.47. The maximum absolute atomic E-state index is 13.2. The van der Waals surface area contributed by atoms with Gasteiger partial charge in [0.2, 0.25) is 5.91 Å². The van der Waals surface area contributed by atoms with Gasteiger partial charge in [-0.2, -0.15) is 13.2 Å².